The van der Waals surface area contributed by atoms with E-state index in [-0.39, 0.29) is 42.5 Å². The van der Waals surface area contributed by atoms with Crippen LogP contribution in [0.5, 0.6) is 0 Å². The molecule has 4 aromatic carbocycles. The van der Waals surface area contributed by atoms with Gasteiger partial charge in [-0.2, -0.15) is 0 Å². The number of nitrogens with zero attached hydrogens (tertiary/aromatic N) is 2. The number of carbonyl (C=O) groups is 1. The molecule has 2 heterocycles. The molecule has 6 aromatic rings. The Bertz CT molecular complexity index is 2300. The predicted octanol–water partition coefficient (Wildman–Crippen LogP) is 13.4. The molecular weight excluding hydrogens is 833 g/mol. The summed E-state index contributed by atoms with van der Waals surface area (Å²) in [5.41, 5.74) is 8.26. The van der Waals surface area contributed by atoms with Crippen LogP contribution in [0.1, 0.15) is 121 Å². The van der Waals surface area contributed by atoms with Gasteiger partial charge in [-0.1, -0.05) is 102 Å². The first-order valence-electron chi connectivity index (χ1n) is 19.4. The van der Waals surface area contributed by atoms with Gasteiger partial charge in [0.25, 0.3) is 0 Å². The molecule has 1 aliphatic carbocycles. The Morgan fingerprint density at radius 3 is 2.21 bits per heavy atom. The second-order valence-corrected chi connectivity index (χ2v) is 15.5. The van der Waals surface area contributed by atoms with Gasteiger partial charge in [-0.25, -0.2) is 4.98 Å². The molecule has 7 rings (SSSR count). The zero-order valence-electron chi connectivity index (χ0n) is 33.0. The first-order chi connectivity index (χ1) is 24.9. The van der Waals surface area contributed by atoms with Crippen molar-refractivity contribution in [3.63, 3.8) is 0 Å². The molecule has 0 unspecified atom stereocenters. The van der Waals surface area contributed by atoms with Crippen molar-refractivity contribution < 1.29 is 34.4 Å². The van der Waals surface area contributed by atoms with Crippen LogP contribution in [0.2, 0.25) is 0 Å². The number of aryl methyl sites for hydroxylation is 3. The zero-order valence-corrected chi connectivity index (χ0v) is 35.4. The van der Waals surface area contributed by atoms with E-state index >= 15 is 0 Å². The van der Waals surface area contributed by atoms with Crippen LogP contribution < -0.4 is 0 Å². The maximum Gasteiger partial charge on any atom is 0.164 e. The Morgan fingerprint density at radius 2 is 1.55 bits per heavy atom. The van der Waals surface area contributed by atoms with Crippen LogP contribution >= 0.6 is 0 Å². The number of para-hydroxylation sites is 1. The largest absolute Gasteiger partial charge is 0.512 e. The van der Waals surface area contributed by atoms with Crippen LogP contribution in [0.25, 0.3) is 54.9 Å². The molecule has 1 saturated carbocycles. The Balaban J connectivity index is 0.000000259. The van der Waals surface area contributed by atoms with Gasteiger partial charge >= 0.3 is 0 Å². The number of fused-ring (bicyclic) bond motifs is 6. The summed E-state index contributed by atoms with van der Waals surface area (Å²) < 4.78 is 6.35. The first kappa shape index (κ1) is 40.3. The molecule has 0 saturated heterocycles. The van der Waals surface area contributed by atoms with Crippen molar-refractivity contribution in [2.24, 2.45) is 10.8 Å². The molecule has 5 nitrogen and oxygen atoms in total. The quantitative estimate of drug-likeness (QED) is 0.0677. The molecule has 1 aliphatic rings. The third kappa shape index (κ3) is 7.47. The van der Waals surface area contributed by atoms with Crippen LogP contribution in [0.4, 0.5) is 0 Å². The molecule has 0 atom stereocenters. The minimum atomic E-state index is -0.337. The number of hydrogen-bond donors (Lipinski definition) is 1. The zero-order chi connectivity index (χ0) is 37.4. The number of furan rings is 1. The Morgan fingerprint density at radius 1 is 0.887 bits per heavy atom. The minimum Gasteiger partial charge on any atom is -0.512 e. The maximum atomic E-state index is 12.2. The van der Waals surface area contributed by atoms with Crippen molar-refractivity contribution in [3.05, 3.63) is 95.0 Å². The number of hydrogen-bond acceptors (Lipinski definition) is 5. The summed E-state index contributed by atoms with van der Waals surface area (Å²) in [6.07, 6.45) is 10.0. The fourth-order valence-corrected chi connectivity index (χ4v) is 8.16. The van der Waals surface area contributed by atoms with E-state index in [1.807, 2.05) is 66.7 Å². The van der Waals surface area contributed by atoms with Crippen LogP contribution in [0, 0.1) is 37.7 Å². The van der Waals surface area contributed by atoms with Gasteiger partial charge in [0.2, 0.25) is 0 Å². The molecular formula is C47H55IrN2O3-. The molecule has 0 bridgehead atoms. The van der Waals surface area contributed by atoms with Gasteiger partial charge in [-0.3, -0.25) is 9.78 Å². The van der Waals surface area contributed by atoms with Crippen molar-refractivity contribution in [2.45, 2.75) is 120 Å². The van der Waals surface area contributed by atoms with E-state index in [4.69, 9.17) is 14.4 Å². The van der Waals surface area contributed by atoms with Crippen LogP contribution in [-0.4, -0.2) is 20.9 Å². The SMILES string of the molecule is CCC(C)(CC)C(=O)/C=C(\O)C(C)(CC)CC.Cc1nc(-c2[c-]ccc3c2oc2ccccc23)c2ccc3cc(C)c(C4CCCC4)c(C)c3c2n1.[Ir]. The molecule has 0 amide bonds. The summed E-state index contributed by atoms with van der Waals surface area (Å²) in [5, 5.41) is 15.9. The van der Waals surface area contributed by atoms with Crippen molar-refractivity contribution in [3.8, 4) is 11.3 Å². The summed E-state index contributed by atoms with van der Waals surface area (Å²) >= 11 is 0. The summed E-state index contributed by atoms with van der Waals surface area (Å²) in [5.74, 6) is 1.72. The molecule has 1 N–H and O–H groups in total. The van der Waals surface area contributed by atoms with Crippen molar-refractivity contribution in [1.29, 1.82) is 0 Å². The number of carbonyl (C=O) groups excluding carboxylic acids is 1. The molecule has 281 valence electrons. The second kappa shape index (κ2) is 16.2. The number of aromatic nitrogens is 2. The summed E-state index contributed by atoms with van der Waals surface area (Å²) in [4.78, 5) is 22.1. The Kier molecular flexibility index (Phi) is 12.4. The number of ketones is 1. The topological polar surface area (TPSA) is 76.2 Å². The summed E-state index contributed by atoms with van der Waals surface area (Å²) in [6.45, 7) is 18.6. The van der Waals surface area contributed by atoms with Crippen LogP contribution in [0.3, 0.4) is 0 Å². The van der Waals surface area contributed by atoms with Gasteiger partial charge in [-0.05, 0) is 98.7 Å². The first-order valence-corrected chi connectivity index (χ1v) is 19.4. The van der Waals surface area contributed by atoms with Gasteiger partial charge in [0.1, 0.15) is 17.2 Å². The molecule has 53 heavy (non-hydrogen) atoms. The molecule has 2 aromatic heterocycles. The van der Waals surface area contributed by atoms with E-state index in [0.29, 0.717) is 5.92 Å². The second-order valence-electron chi connectivity index (χ2n) is 15.5. The average Bonchev–Trinajstić information content (AvgIpc) is 3.82. The molecule has 1 fully saturated rings. The van der Waals surface area contributed by atoms with Crippen molar-refractivity contribution >= 4 is 49.4 Å². The normalized spacial score (nSPS) is 14.2. The predicted molar refractivity (Wildman–Crippen MR) is 217 cm³/mol. The fraction of sp³-hybridized carbons (Fsp3) is 0.426. The summed E-state index contributed by atoms with van der Waals surface area (Å²) in [6, 6.07) is 22.5. The Hall–Kier alpha value is -3.86. The van der Waals surface area contributed by atoms with Gasteiger partial charge in [0.15, 0.2) is 5.78 Å². The molecule has 0 spiro atoms. The van der Waals surface area contributed by atoms with Crippen LogP contribution in [-0.2, 0) is 24.9 Å². The third-order valence-corrected chi connectivity index (χ3v) is 12.5. The smallest absolute Gasteiger partial charge is 0.164 e. The third-order valence-electron chi connectivity index (χ3n) is 12.5. The Labute approximate surface area is 329 Å². The molecule has 6 heteroatoms. The maximum absolute atomic E-state index is 12.2. The number of allylic oxidation sites excluding steroid dienone is 2. The summed E-state index contributed by atoms with van der Waals surface area (Å²) in [7, 11) is 0. The monoisotopic (exact) mass is 888 g/mol. The average molecular weight is 888 g/mol. The van der Waals surface area contributed by atoms with E-state index in [0.717, 1.165) is 75.6 Å². The number of rotatable bonds is 9. The number of benzene rings is 4. The van der Waals surface area contributed by atoms with E-state index in [1.165, 1.54) is 59.2 Å². The fourth-order valence-electron chi connectivity index (χ4n) is 8.16. The van der Waals surface area contributed by atoms with E-state index in [1.54, 1.807) is 0 Å². The van der Waals surface area contributed by atoms with Crippen molar-refractivity contribution in [2.75, 3.05) is 0 Å². The number of aliphatic hydroxyl groups is 1. The number of aliphatic hydroxyl groups excluding tert-OH is 1. The standard InChI is InChI=1S/C32H27N2O.C15H28O2.Ir/c1-18-17-22-15-16-25-30(26-13-8-12-24-23-11-6-7-14-27(23)35-32(24)26)33-20(3)34-31(25)29(22)19(2)28(18)21-9-4-5-10-21;1-7-14(5,8-2)12(16)11-13(17)15(6,9-3)10-4;/h6-8,11-12,14-17,21H,4-5,9-10H2,1-3H3;11,16H,7-10H2,1-6H3;/q-1;;/b;12-11-;. The van der Waals surface area contributed by atoms with Crippen molar-refractivity contribution in [1.82, 2.24) is 9.97 Å². The van der Waals surface area contributed by atoms with Crippen LogP contribution in [0.15, 0.2) is 70.8 Å². The minimum absolute atomic E-state index is 0. The van der Waals surface area contributed by atoms with E-state index in [9.17, 15) is 9.90 Å². The molecule has 0 aliphatic heterocycles. The van der Waals surface area contributed by atoms with Gasteiger partial charge < -0.3 is 9.52 Å². The van der Waals surface area contributed by atoms with Gasteiger partial charge in [0, 0.05) is 53.5 Å². The van der Waals surface area contributed by atoms with Gasteiger partial charge in [-0.15, -0.1) is 18.2 Å². The molecule has 1 radical (unpaired) electrons. The van der Waals surface area contributed by atoms with Gasteiger partial charge in [0.05, 0.1) is 11.1 Å². The van der Waals surface area contributed by atoms with E-state index in [2.05, 4.69) is 56.3 Å². The van der Waals surface area contributed by atoms with E-state index < -0.39 is 0 Å².